The smallest absolute Gasteiger partial charge is 0.226 e. The summed E-state index contributed by atoms with van der Waals surface area (Å²) in [6.45, 7) is 8.75. The molecule has 0 saturated carbocycles. The first-order chi connectivity index (χ1) is 15.2. The lowest BCUT2D eigenvalue weighted by Gasteiger charge is -2.32. The number of benzene rings is 1. The quantitative estimate of drug-likeness (QED) is 0.423. The Kier molecular flexibility index (Phi) is 7.38. The third-order valence-electron chi connectivity index (χ3n) is 5.51. The van der Waals surface area contributed by atoms with Gasteiger partial charge in [0.1, 0.15) is 12.0 Å². The molecule has 164 valence electrons. The van der Waals surface area contributed by atoms with Gasteiger partial charge in [0.15, 0.2) is 5.96 Å². The number of likely N-dealkylation sites (tertiary alicyclic amines) is 1. The normalized spacial score (nSPS) is 15.9. The molecule has 0 spiro atoms. The second-order valence-corrected chi connectivity index (χ2v) is 8.81. The van der Waals surface area contributed by atoms with E-state index in [4.69, 9.17) is 9.41 Å². The first-order valence-electron chi connectivity index (χ1n) is 11.0. The molecule has 2 N–H and O–H groups in total. The van der Waals surface area contributed by atoms with E-state index in [2.05, 4.69) is 63.3 Å². The van der Waals surface area contributed by atoms with E-state index in [9.17, 15) is 0 Å². The van der Waals surface area contributed by atoms with Gasteiger partial charge in [0.05, 0.1) is 6.54 Å². The van der Waals surface area contributed by atoms with Crippen molar-refractivity contribution in [2.45, 2.75) is 45.8 Å². The van der Waals surface area contributed by atoms with Gasteiger partial charge < -0.3 is 15.1 Å². The van der Waals surface area contributed by atoms with Gasteiger partial charge in [-0.15, -0.1) is 0 Å². The average molecular weight is 438 g/mol. The largest absolute Gasteiger partial charge is 0.444 e. The number of hydrogen-bond acceptors (Lipinski definition) is 5. The molecule has 2 aromatic heterocycles. The van der Waals surface area contributed by atoms with Crippen LogP contribution in [-0.2, 0) is 13.1 Å². The van der Waals surface area contributed by atoms with E-state index >= 15 is 0 Å². The molecule has 0 unspecified atom stereocenters. The van der Waals surface area contributed by atoms with Crippen molar-refractivity contribution in [3.05, 3.63) is 64.2 Å². The second-order valence-electron chi connectivity index (χ2n) is 8.03. The van der Waals surface area contributed by atoms with Gasteiger partial charge in [-0.2, -0.15) is 11.3 Å². The Morgan fingerprint density at radius 2 is 2.03 bits per heavy atom. The van der Waals surface area contributed by atoms with Gasteiger partial charge in [-0.05, 0) is 61.2 Å². The molecular formula is C24H31N5OS. The minimum absolute atomic E-state index is 0.442. The summed E-state index contributed by atoms with van der Waals surface area (Å²) in [6.07, 6.45) is 3.94. The van der Waals surface area contributed by atoms with E-state index in [1.54, 1.807) is 17.6 Å². The zero-order valence-corrected chi connectivity index (χ0v) is 19.1. The van der Waals surface area contributed by atoms with Crippen LogP contribution >= 0.6 is 11.3 Å². The van der Waals surface area contributed by atoms with Crippen LogP contribution in [0.25, 0.3) is 11.5 Å². The Morgan fingerprint density at radius 1 is 1.23 bits per heavy atom. The van der Waals surface area contributed by atoms with Crippen molar-refractivity contribution in [1.29, 1.82) is 0 Å². The number of aromatic nitrogens is 1. The van der Waals surface area contributed by atoms with Crippen molar-refractivity contribution in [2.75, 3.05) is 19.6 Å². The highest BCUT2D eigenvalue weighted by molar-refractivity contribution is 7.07. The summed E-state index contributed by atoms with van der Waals surface area (Å²) in [6, 6.07) is 10.9. The molecule has 7 heteroatoms. The van der Waals surface area contributed by atoms with Gasteiger partial charge in [-0.1, -0.05) is 17.7 Å². The fraction of sp³-hybridized carbons (Fsp3) is 0.417. The molecule has 1 aliphatic rings. The van der Waals surface area contributed by atoms with Crippen molar-refractivity contribution >= 4 is 17.3 Å². The molecule has 0 atom stereocenters. The predicted octanol–water partition coefficient (Wildman–Crippen LogP) is 4.43. The summed E-state index contributed by atoms with van der Waals surface area (Å²) in [5.74, 6) is 1.49. The average Bonchev–Trinajstić information content (AvgIpc) is 3.46. The minimum atomic E-state index is 0.442. The molecule has 1 aliphatic heterocycles. The lowest BCUT2D eigenvalue weighted by molar-refractivity contribution is 0.198. The summed E-state index contributed by atoms with van der Waals surface area (Å²) in [5, 5.41) is 11.4. The minimum Gasteiger partial charge on any atom is -0.444 e. The van der Waals surface area contributed by atoms with Gasteiger partial charge in [0, 0.05) is 37.8 Å². The van der Waals surface area contributed by atoms with Crippen LogP contribution in [0.4, 0.5) is 0 Å². The molecule has 4 rings (SSSR count). The summed E-state index contributed by atoms with van der Waals surface area (Å²) >= 11 is 1.77. The lowest BCUT2D eigenvalue weighted by atomic mass is 10.0. The first-order valence-corrected chi connectivity index (χ1v) is 11.9. The number of thiophene rings is 1. The van der Waals surface area contributed by atoms with Crippen molar-refractivity contribution in [2.24, 2.45) is 4.99 Å². The number of guanidine groups is 1. The maximum absolute atomic E-state index is 5.66. The Bertz CT molecular complexity index is 956. The topological polar surface area (TPSA) is 65.7 Å². The van der Waals surface area contributed by atoms with Crippen molar-refractivity contribution < 1.29 is 4.42 Å². The van der Waals surface area contributed by atoms with Gasteiger partial charge in [-0.3, -0.25) is 4.90 Å². The molecule has 0 amide bonds. The molecule has 0 aliphatic carbocycles. The highest BCUT2D eigenvalue weighted by atomic mass is 32.1. The summed E-state index contributed by atoms with van der Waals surface area (Å²) in [7, 11) is 0. The van der Waals surface area contributed by atoms with Crippen LogP contribution in [0.3, 0.4) is 0 Å². The number of nitrogens with zero attached hydrogens (tertiary/aromatic N) is 3. The fourth-order valence-electron chi connectivity index (χ4n) is 3.76. The van der Waals surface area contributed by atoms with E-state index in [1.165, 1.54) is 11.1 Å². The van der Waals surface area contributed by atoms with E-state index in [0.29, 0.717) is 18.5 Å². The van der Waals surface area contributed by atoms with Crippen LogP contribution in [0, 0.1) is 6.92 Å². The Morgan fingerprint density at radius 3 is 2.74 bits per heavy atom. The molecular weight excluding hydrogens is 406 g/mol. The Balaban J connectivity index is 1.30. The zero-order chi connectivity index (χ0) is 21.5. The maximum atomic E-state index is 5.66. The zero-order valence-electron chi connectivity index (χ0n) is 18.3. The highest BCUT2D eigenvalue weighted by Crippen LogP contribution is 2.19. The molecule has 1 fully saturated rings. The number of aliphatic imine (C=N–C) groups is 1. The predicted molar refractivity (Wildman–Crippen MR) is 127 cm³/mol. The van der Waals surface area contributed by atoms with Crippen molar-refractivity contribution in [1.82, 2.24) is 20.5 Å². The van der Waals surface area contributed by atoms with E-state index in [-0.39, 0.29) is 0 Å². The fourth-order valence-corrected chi connectivity index (χ4v) is 4.42. The third kappa shape index (κ3) is 6.18. The van der Waals surface area contributed by atoms with E-state index in [0.717, 1.165) is 56.2 Å². The molecule has 0 bridgehead atoms. The van der Waals surface area contributed by atoms with Crippen LogP contribution in [-0.4, -0.2) is 41.5 Å². The number of piperidine rings is 1. The molecule has 31 heavy (non-hydrogen) atoms. The standard InChI is InChI=1S/C24H31N5OS/c1-3-25-24(28-21-8-11-29(12-9-21)15-19-10-13-31-17-19)26-14-22-16-30-23(27-22)20-6-4-18(2)5-7-20/h4-7,10,13,16-17,21H,3,8-9,11-12,14-15H2,1-2H3,(H2,25,26,28). The summed E-state index contributed by atoms with van der Waals surface area (Å²) in [4.78, 5) is 11.9. The maximum Gasteiger partial charge on any atom is 0.226 e. The van der Waals surface area contributed by atoms with Crippen molar-refractivity contribution in [3.8, 4) is 11.5 Å². The van der Waals surface area contributed by atoms with Crippen LogP contribution in [0.1, 0.15) is 36.6 Å². The molecule has 1 saturated heterocycles. The van der Waals surface area contributed by atoms with E-state index in [1.807, 2.05) is 12.1 Å². The number of oxazole rings is 1. The number of nitrogens with one attached hydrogen (secondary N) is 2. The first kappa shape index (κ1) is 21.6. The monoisotopic (exact) mass is 437 g/mol. The third-order valence-corrected chi connectivity index (χ3v) is 6.24. The van der Waals surface area contributed by atoms with Crippen LogP contribution in [0.5, 0.6) is 0 Å². The number of aryl methyl sites for hydroxylation is 1. The number of rotatable bonds is 7. The molecule has 6 nitrogen and oxygen atoms in total. The molecule has 0 radical (unpaired) electrons. The van der Waals surface area contributed by atoms with Crippen LogP contribution in [0.2, 0.25) is 0 Å². The number of hydrogen-bond donors (Lipinski definition) is 2. The van der Waals surface area contributed by atoms with Crippen LogP contribution < -0.4 is 10.6 Å². The van der Waals surface area contributed by atoms with Crippen molar-refractivity contribution in [3.63, 3.8) is 0 Å². The molecule has 1 aromatic carbocycles. The Hall–Kier alpha value is -2.64. The molecule has 3 aromatic rings. The SMILES string of the molecule is CCNC(=NCc1coc(-c2ccc(C)cc2)n1)NC1CCN(Cc2ccsc2)CC1. The summed E-state index contributed by atoms with van der Waals surface area (Å²) in [5.41, 5.74) is 4.46. The van der Waals surface area contributed by atoms with Crippen LogP contribution in [0.15, 0.2) is 56.8 Å². The van der Waals surface area contributed by atoms with Gasteiger partial charge in [0.25, 0.3) is 0 Å². The van der Waals surface area contributed by atoms with Gasteiger partial charge >= 0.3 is 0 Å². The van der Waals surface area contributed by atoms with E-state index < -0.39 is 0 Å². The second kappa shape index (κ2) is 10.6. The van der Waals surface area contributed by atoms with Gasteiger partial charge in [0.2, 0.25) is 5.89 Å². The lowest BCUT2D eigenvalue weighted by Crippen LogP contribution is -2.48. The van der Waals surface area contributed by atoms with Gasteiger partial charge in [-0.25, -0.2) is 9.98 Å². The molecule has 3 heterocycles. The highest BCUT2D eigenvalue weighted by Gasteiger charge is 2.20. The Labute approximate surface area is 188 Å². The summed E-state index contributed by atoms with van der Waals surface area (Å²) < 4.78 is 5.66.